The zero-order valence-electron chi connectivity index (χ0n) is 10.8. The van der Waals surface area contributed by atoms with Gasteiger partial charge in [0, 0.05) is 27.2 Å². The fourth-order valence-electron chi connectivity index (χ4n) is 1.69. The quantitative estimate of drug-likeness (QED) is 0.801. The predicted molar refractivity (Wildman–Crippen MR) is 67.7 cm³/mol. The minimum absolute atomic E-state index is 0.0517. The predicted octanol–water partition coefficient (Wildman–Crippen LogP) is 0.915. The van der Waals surface area contributed by atoms with Gasteiger partial charge in [0.25, 0.3) is 0 Å². The van der Waals surface area contributed by atoms with Gasteiger partial charge in [0.2, 0.25) is 0 Å². The summed E-state index contributed by atoms with van der Waals surface area (Å²) in [5.74, 6) is -0.874. The number of aromatic nitrogens is 2. The van der Waals surface area contributed by atoms with Crippen molar-refractivity contribution in [1.29, 1.82) is 0 Å². The third-order valence-electron chi connectivity index (χ3n) is 2.61. The second kappa shape index (κ2) is 6.72. The van der Waals surface area contributed by atoms with Gasteiger partial charge in [-0.25, -0.2) is 0 Å². The van der Waals surface area contributed by atoms with E-state index < -0.39 is 5.97 Å². The Kier molecular flexibility index (Phi) is 5.58. The number of carboxylic acids is 1. The molecule has 7 heteroatoms. The van der Waals surface area contributed by atoms with Gasteiger partial charge in [-0.3, -0.25) is 14.4 Å². The zero-order chi connectivity index (χ0) is 13.7. The van der Waals surface area contributed by atoms with Gasteiger partial charge in [0.15, 0.2) is 0 Å². The minimum Gasteiger partial charge on any atom is -0.480 e. The van der Waals surface area contributed by atoms with Gasteiger partial charge in [-0.15, -0.1) is 0 Å². The second-order valence-corrected chi connectivity index (χ2v) is 4.44. The Balaban J connectivity index is 2.77. The van der Waals surface area contributed by atoms with Crippen molar-refractivity contribution in [2.45, 2.75) is 13.5 Å². The number of methoxy groups -OCH3 is 1. The molecular formula is C11H18ClN3O3. The van der Waals surface area contributed by atoms with Crippen molar-refractivity contribution < 1.29 is 14.6 Å². The summed E-state index contributed by atoms with van der Waals surface area (Å²) in [6.45, 7) is 3.21. The third-order valence-corrected chi connectivity index (χ3v) is 3.10. The maximum atomic E-state index is 10.8. The number of carboxylic acid groups (broad SMARTS) is 1. The second-order valence-electron chi connectivity index (χ2n) is 4.07. The van der Waals surface area contributed by atoms with Crippen molar-refractivity contribution in [2.75, 3.05) is 26.8 Å². The summed E-state index contributed by atoms with van der Waals surface area (Å²) in [6.07, 6.45) is 0. The van der Waals surface area contributed by atoms with Gasteiger partial charge in [-0.2, -0.15) is 5.10 Å². The highest BCUT2D eigenvalue weighted by molar-refractivity contribution is 6.31. The van der Waals surface area contributed by atoms with Crippen LogP contribution in [0.4, 0.5) is 0 Å². The molecule has 0 unspecified atom stereocenters. The molecule has 0 aliphatic carbocycles. The topological polar surface area (TPSA) is 67.6 Å². The highest BCUT2D eigenvalue weighted by Gasteiger charge is 2.16. The molecule has 0 atom stereocenters. The molecule has 102 valence electrons. The Morgan fingerprint density at radius 3 is 2.72 bits per heavy atom. The molecule has 1 aromatic rings. The maximum absolute atomic E-state index is 10.8. The number of hydrogen-bond donors (Lipinski definition) is 1. The summed E-state index contributed by atoms with van der Waals surface area (Å²) in [4.78, 5) is 12.6. The lowest BCUT2D eigenvalue weighted by atomic mass is 10.3. The lowest BCUT2D eigenvalue weighted by Crippen LogP contribution is -2.33. The standard InChI is InChI=1S/C11H18ClN3O3/c1-8-11(12)9(14(2)13-8)6-15(4-5-18-3)7-10(16)17/h4-7H2,1-3H3,(H,16,17). The molecule has 0 aliphatic heterocycles. The molecule has 0 bridgehead atoms. The van der Waals surface area contributed by atoms with Gasteiger partial charge in [-0.05, 0) is 6.92 Å². The Labute approximate surface area is 111 Å². The van der Waals surface area contributed by atoms with E-state index in [1.165, 1.54) is 0 Å². The molecule has 1 heterocycles. The number of aliphatic carboxylic acids is 1. The van der Waals surface area contributed by atoms with Crippen LogP contribution >= 0.6 is 11.6 Å². The summed E-state index contributed by atoms with van der Waals surface area (Å²) in [5.41, 5.74) is 1.56. The van der Waals surface area contributed by atoms with E-state index in [9.17, 15) is 4.79 Å². The molecule has 0 saturated heterocycles. The molecule has 6 nitrogen and oxygen atoms in total. The summed E-state index contributed by atoms with van der Waals surface area (Å²) < 4.78 is 6.65. The first-order valence-corrected chi connectivity index (χ1v) is 5.94. The Hall–Kier alpha value is -1.11. The van der Waals surface area contributed by atoms with Crippen LogP contribution in [-0.2, 0) is 23.1 Å². The first-order valence-electron chi connectivity index (χ1n) is 5.56. The highest BCUT2D eigenvalue weighted by Crippen LogP contribution is 2.20. The molecule has 0 aliphatic rings. The molecule has 0 fully saturated rings. The van der Waals surface area contributed by atoms with Crippen LogP contribution in [0.5, 0.6) is 0 Å². The molecule has 0 amide bonds. The number of carbonyl (C=O) groups is 1. The number of nitrogens with zero attached hydrogens (tertiary/aromatic N) is 3. The Bertz CT molecular complexity index is 420. The van der Waals surface area contributed by atoms with E-state index >= 15 is 0 Å². The van der Waals surface area contributed by atoms with Crippen molar-refractivity contribution in [3.05, 3.63) is 16.4 Å². The molecule has 1 aromatic heterocycles. The van der Waals surface area contributed by atoms with E-state index in [4.69, 9.17) is 21.4 Å². The number of halogens is 1. The summed E-state index contributed by atoms with van der Waals surface area (Å²) in [5, 5.41) is 13.7. The van der Waals surface area contributed by atoms with Crippen LogP contribution in [0, 0.1) is 6.92 Å². The molecule has 0 spiro atoms. The first-order chi connectivity index (χ1) is 8.45. The van der Waals surface area contributed by atoms with Crippen molar-refractivity contribution in [3.8, 4) is 0 Å². The zero-order valence-corrected chi connectivity index (χ0v) is 11.6. The van der Waals surface area contributed by atoms with Gasteiger partial charge >= 0.3 is 5.97 Å². The van der Waals surface area contributed by atoms with Gasteiger partial charge < -0.3 is 9.84 Å². The Morgan fingerprint density at radius 2 is 2.28 bits per heavy atom. The van der Waals surface area contributed by atoms with Crippen molar-refractivity contribution in [1.82, 2.24) is 14.7 Å². The van der Waals surface area contributed by atoms with Crippen LogP contribution in [0.25, 0.3) is 0 Å². The van der Waals surface area contributed by atoms with E-state index in [1.54, 1.807) is 23.7 Å². The molecule has 1 rings (SSSR count). The van der Waals surface area contributed by atoms with Gasteiger partial charge in [0.1, 0.15) is 0 Å². The average molecular weight is 276 g/mol. The normalized spacial score (nSPS) is 11.2. The molecule has 0 aromatic carbocycles. The summed E-state index contributed by atoms with van der Waals surface area (Å²) in [6, 6.07) is 0. The van der Waals surface area contributed by atoms with Crippen LogP contribution in [0.1, 0.15) is 11.4 Å². The van der Waals surface area contributed by atoms with Crippen molar-refractivity contribution in [2.24, 2.45) is 7.05 Å². The minimum atomic E-state index is -0.874. The van der Waals surface area contributed by atoms with Crippen LogP contribution < -0.4 is 0 Å². The molecule has 0 saturated carbocycles. The van der Waals surface area contributed by atoms with Crippen molar-refractivity contribution >= 4 is 17.6 Å². The monoisotopic (exact) mass is 275 g/mol. The third kappa shape index (κ3) is 3.97. The SMILES string of the molecule is COCCN(CC(=O)O)Cc1c(Cl)c(C)nn1C. The number of ether oxygens (including phenoxy) is 1. The van der Waals surface area contributed by atoms with Crippen molar-refractivity contribution in [3.63, 3.8) is 0 Å². The lowest BCUT2D eigenvalue weighted by Gasteiger charge is -2.19. The van der Waals surface area contributed by atoms with Crippen LogP contribution in [-0.4, -0.2) is 52.6 Å². The fraction of sp³-hybridized carbons (Fsp3) is 0.636. The molecular weight excluding hydrogens is 258 g/mol. The van der Waals surface area contributed by atoms with E-state index in [0.717, 1.165) is 11.4 Å². The number of hydrogen-bond acceptors (Lipinski definition) is 4. The molecule has 0 radical (unpaired) electrons. The van der Waals surface area contributed by atoms with Crippen LogP contribution in [0.3, 0.4) is 0 Å². The summed E-state index contributed by atoms with van der Waals surface area (Å²) in [7, 11) is 3.38. The molecule has 18 heavy (non-hydrogen) atoms. The fourth-order valence-corrected chi connectivity index (χ4v) is 1.91. The van der Waals surface area contributed by atoms with Crippen LogP contribution in [0.15, 0.2) is 0 Å². The van der Waals surface area contributed by atoms with Gasteiger partial charge in [-0.1, -0.05) is 11.6 Å². The molecule has 1 N–H and O–H groups in total. The highest BCUT2D eigenvalue weighted by atomic mass is 35.5. The smallest absolute Gasteiger partial charge is 0.317 e. The van der Waals surface area contributed by atoms with Gasteiger partial charge in [0.05, 0.1) is 29.6 Å². The van der Waals surface area contributed by atoms with E-state index in [1.807, 2.05) is 6.92 Å². The lowest BCUT2D eigenvalue weighted by molar-refractivity contribution is -0.138. The first kappa shape index (κ1) is 14.9. The van der Waals surface area contributed by atoms with E-state index in [-0.39, 0.29) is 6.54 Å². The van der Waals surface area contributed by atoms with E-state index in [0.29, 0.717) is 24.7 Å². The number of rotatable bonds is 7. The maximum Gasteiger partial charge on any atom is 0.317 e. The van der Waals surface area contributed by atoms with Crippen LogP contribution in [0.2, 0.25) is 5.02 Å². The summed E-state index contributed by atoms with van der Waals surface area (Å²) >= 11 is 6.14. The average Bonchev–Trinajstić information content (AvgIpc) is 2.52. The largest absolute Gasteiger partial charge is 0.480 e. The Morgan fingerprint density at radius 1 is 1.61 bits per heavy atom. The number of aryl methyl sites for hydroxylation is 2. The van der Waals surface area contributed by atoms with E-state index in [2.05, 4.69) is 5.10 Å².